The lowest BCUT2D eigenvalue weighted by Gasteiger charge is -2.28. The maximum absolute atomic E-state index is 4.61. The molecule has 0 fully saturated rings. The molecule has 0 N–H and O–H groups in total. The molecular weight excluding hydrogens is 368 g/mol. The number of pyridine rings is 1. The molecular formula is C15H18Br2N2. The highest BCUT2D eigenvalue weighted by Gasteiger charge is 2.15. The fourth-order valence-electron chi connectivity index (χ4n) is 2.22. The van der Waals surface area contributed by atoms with Crippen LogP contribution >= 0.6 is 31.9 Å². The molecule has 1 aromatic carbocycles. The highest BCUT2D eigenvalue weighted by atomic mass is 79.9. The molecule has 0 aliphatic carbocycles. The average molecular weight is 386 g/mol. The molecule has 2 aromatic rings. The molecule has 0 aliphatic rings. The summed E-state index contributed by atoms with van der Waals surface area (Å²) in [5.74, 6) is 1.08. The number of aromatic nitrogens is 1. The van der Waals surface area contributed by atoms with E-state index in [4.69, 9.17) is 0 Å². The summed E-state index contributed by atoms with van der Waals surface area (Å²) >= 11 is 7.12. The number of halogens is 2. The van der Waals surface area contributed by atoms with Crippen LogP contribution in [0, 0.1) is 0 Å². The Kier molecular flexibility index (Phi) is 5.22. The Hall–Kier alpha value is -0.610. The molecule has 1 heterocycles. The summed E-state index contributed by atoms with van der Waals surface area (Å²) in [5.41, 5.74) is 0. The first-order chi connectivity index (χ1) is 9.15. The minimum absolute atomic E-state index is 0.441. The highest BCUT2D eigenvalue weighted by Crippen LogP contribution is 2.30. The van der Waals surface area contributed by atoms with Gasteiger partial charge in [-0.2, -0.15) is 0 Å². The average Bonchev–Trinajstić information content (AvgIpc) is 2.40. The van der Waals surface area contributed by atoms with E-state index in [0.717, 1.165) is 28.6 Å². The van der Waals surface area contributed by atoms with Crippen LogP contribution in [-0.4, -0.2) is 22.9 Å². The van der Waals surface area contributed by atoms with E-state index in [9.17, 15) is 0 Å². The van der Waals surface area contributed by atoms with E-state index >= 15 is 0 Å². The fourth-order valence-corrected chi connectivity index (χ4v) is 2.97. The van der Waals surface area contributed by atoms with Crippen LogP contribution in [0.3, 0.4) is 0 Å². The number of hydrogen-bond acceptors (Lipinski definition) is 2. The predicted octanol–water partition coefficient (Wildman–Crippen LogP) is 5.00. The predicted molar refractivity (Wildman–Crippen MR) is 90.3 cm³/mol. The van der Waals surface area contributed by atoms with Gasteiger partial charge in [-0.05, 0) is 32.4 Å². The van der Waals surface area contributed by atoms with Crippen molar-refractivity contribution in [2.24, 2.45) is 0 Å². The maximum atomic E-state index is 4.61. The smallest absolute Gasteiger partial charge is 0.136 e. The van der Waals surface area contributed by atoms with Crippen LogP contribution in [0.1, 0.15) is 20.3 Å². The first-order valence-corrected chi connectivity index (χ1v) is 8.42. The third-order valence-electron chi connectivity index (χ3n) is 3.16. The van der Waals surface area contributed by atoms with Crippen molar-refractivity contribution in [3.05, 3.63) is 34.9 Å². The van der Waals surface area contributed by atoms with Crippen molar-refractivity contribution in [2.45, 2.75) is 26.3 Å². The second-order valence-electron chi connectivity index (χ2n) is 4.80. The summed E-state index contributed by atoms with van der Waals surface area (Å²) < 4.78 is 1.12. The molecule has 0 atom stereocenters. The van der Waals surface area contributed by atoms with Crippen molar-refractivity contribution < 1.29 is 0 Å². The van der Waals surface area contributed by atoms with Gasteiger partial charge in [0.1, 0.15) is 5.82 Å². The maximum Gasteiger partial charge on any atom is 0.136 e. The van der Waals surface area contributed by atoms with Crippen molar-refractivity contribution in [3.8, 4) is 0 Å². The van der Waals surface area contributed by atoms with Gasteiger partial charge in [-0.3, -0.25) is 0 Å². The van der Waals surface area contributed by atoms with Crippen molar-refractivity contribution in [2.75, 3.05) is 16.8 Å². The Bertz CT molecular complexity index is 555. The van der Waals surface area contributed by atoms with E-state index in [1.165, 1.54) is 10.8 Å². The van der Waals surface area contributed by atoms with Crippen LogP contribution in [-0.2, 0) is 0 Å². The van der Waals surface area contributed by atoms with Crippen LogP contribution < -0.4 is 4.90 Å². The minimum atomic E-state index is 0.441. The standard InChI is InChI=1S/C15H18Br2N2/c1-11(2)19(10-4-8-16)15-13-5-3-6-14(17)12(13)7-9-18-15/h3,5-7,9,11H,4,8,10H2,1-2H3. The second kappa shape index (κ2) is 6.71. The minimum Gasteiger partial charge on any atom is -0.354 e. The van der Waals surface area contributed by atoms with Gasteiger partial charge in [-0.15, -0.1) is 0 Å². The van der Waals surface area contributed by atoms with Gasteiger partial charge in [0.25, 0.3) is 0 Å². The van der Waals surface area contributed by atoms with Crippen LogP contribution in [0.15, 0.2) is 34.9 Å². The van der Waals surface area contributed by atoms with E-state index < -0.39 is 0 Å². The van der Waals surface area contributed by atoms with Crippen LogP contribution in [0.25, 0.3) is 10.8 Å². The fraction of sp³-hybridized carbons (Fsp3) is 0.400. The van der Waals surface area contributed by atoms with Crippen molar-refractivity contribution in [1.29, 1.82) is 0 Å². The number of anilines is 1. The molecule has 102 valence electrons. The molecule has 0 aliphatic heterocycles. The summed E-state index contributed by atoms with van der Waals surface area (Å²) in [6.45, 7) is 5.45. The summed E-state index contributed by atoms with van der Waals surface area (Å²) in [6, 6.07) is 8.79. The van der Waals surface area contributed by atoms with Crippen LogP contribution in [0.2, 0.25) is 0 Å². The van der Waals surface area contributed by atoms with Crippen molar-refractivity contribution >= 4 is 48.5 Å². The monoisotopic (exact) mass is 384 g/mol. The van der Waals surface area contributed by atoms with Crippen molar-refractivity contribution in [1.82, 2.24) is 4.98 Å². The zero-order chi connectivity index (χ0) is 13.8. The molecule has 2 nitrogen and oxygen atoms in total. The summed E-state index contributed by atoms with van der Waals surface area (Å²) in [6.07, 6.45) is 3.01. The largest absolute Gasteiger partial charge is 0.354 e. The molecule has 0 saturated carbocycles. The normalized spacial score (nSPS) is 11.2. The summed E-state index contributed by atoms with van der Waals surface area (Å²) in [4.78, 5) is 6.98. The Morgan fingerprint density at radius 2 is 2.00 bits per heavy atom. The zero-order valence-corrected chi connectivity index (χ0v) is 14.4. The Labute approximate surface area is 131 Å². The van der Waals surface area contributed by atoms with E-state index in [1.54, 1.807) is 0 Å². The molecule has 0 radical (unpaired) electrons. The van der Waals surface area contributed by atoms with Crippen molar-refractivity contribution in [3.63, 3.8) is 0 Å². The lowest BCUT2D eigenvalue weighted by molar-refractivity contribution is 0.668. The van der Waals surface area contributed by atoms with Gasteiger partial charge >= 0.3 is 0 Å². The Morgan fingerprint density at radius 3 is 2.68 bits per heavy atom. The second-order valence-corrected chi connectivity index (χ2v) is 6.45. The molecule has 0 amide bonds. The molecule has 0 saturated heterocycles. The number of fused-ring (bicyclic) bond motifs is 1. The van der Waals surface area contributed by atoms with Gasteiger partial charge in [0.2, 0.25) is 0 Å². The zero-order valence-electron chi connectivity index (χ0n) is 11.2. The molecule has 4 heteroatoms. The third kappa shape index (κ3) is 3.29. The lowest BCUT2D eigenvalue weighted by Crippen LogP contribution is -2.32. The van der Waals surface area contributed by atoms with Gasteiger partial charge < -0.3 is 4.90 Å². The van der Waals surface area contributed by atoms with Gasteiger partial charge in [-0.1, -0.05) is 44.0 Å². The third-order valence-corrected chi connectivity index (χ3v) is 4.41. The SMILES string of the molecule is CC(C)N(CCCBr)c1nccc2c(Br)cccc12. The van der Waals surface area contributed by atoms with E-state index in [2.05, 4.69) is 79.9 Å². The molecule has 2 rings (SSSR count). The van der Waals surface area contributed by atoms with E-state index in [-0.39, 0.29) is 0 Å². The number of hydrogen-bond donors (Lipinski definition) is 0. The van der Waals surface area contributed by atoms with Crippen LogP contribution in [0.4, 0.5) is 5.82 Å². The topological polar surface area (TPSA) is 16.1 Å². The van der Waals surface area contributed by atoms with Gasteiger partial charge in [-0.25, -0.2) is 4.98 Å². The summed E-state index contributed by atoms with van der Waals surface area (Å²) in [7, 11) is 0. The van der Waals surface area contributed by atoms with Gasteiger partial charge in [0.05, 0.1) is 0 Å². The lowest BCUT2D eigenvalue weighted by atomic mass is 10.1. The number of nitrogens with zero attached hydrogens (tertiary/aromatic N) is 2. The highest BCUT2D eigenvalue weighted by molar-refractivity contribution is 9.10. The number of rotatable bonds is 5. The molecule has 0 unspecified atom stereocenters. The molecule has 0 spiro atoms. The molecule has 1 aromatic heterocycles. The molecule has 0 bridgehead atoms. The number of benzene rings is 1. The Balaban J connectivity index is 2.50. The number of alkyl halides is 1. The molecule has 19 heavy (non-hydrogen) atoms. The first-order valence-electron chi connectivity index (χ1n) is 6.51. The Morgan fingerprint density at radius 1 is 1.21 bits per heavy atom. The summed E-state index contributed by atoms with van der Waals surface area (Å²) in [5, 5.41) is 3.45. The van der Waals surface area contributed by atoms with Crippen LogP contribution in [0.5, 0.6) is 0 Å². The van der Waals surface area contributed by atoms with Gasteiger partial charge in [0, 0.05) is 39.4 Å². The quantitative estimate of drug-likeness (QED) is 0.673. The van der Waals surface area contributed by atoms with Gasteiger partial charge in [0.15, 0.2) is 0 Å². The first kappa shape index (κ1) is 14.8. The van der Waals surface area contributed by atoms with E-state index in [1.807, 2.05) is 6.20 Å². The van der Waals surface area contributed by atoms with E-state index in [0.29, 0.717) is 6.04 Å².